The van der Waals surface area contributed by atoms with Crippen LogP contribution in [0.2, 0.25) is 0 Å². The summed E-state index contributed by atoms with van der Waals surface area (Å²) in [5.74, 6) is -0.199. The molecule has 1 aliphatic heterocycles. The van der Waals surface area contributed by atoms with E-state index in [1.54, 1.807) is 0 Å². The lowest BCUT2D eigenvalue weighted by molar-refractivity contribution is 0.516. The fraction of sp³-hybridized carbons (Fsp3) is 0.235. The van der Waals surface area contributed by atoms with E-state index in [0.717, 1.165) is 17.5 Å². The Morgan fingerprint density at radius 2 is 1.68 bits per heavy atom. The predicted octanol–water partition coefficient (Wildman–Crippen LogP) is 4.25. The van der Waals surface area contributed by atoms with E-state index in [-0.39, 0.29) is 11.4 Å². The molecule has 2 aromatic rings. The van der Waals surface area contributed by atoms with Gasteiger partial charge in [-0.3, -0.25) is 4.99 Å². The third-order valence-corrected chi connectivity index (χ3v) is 3.50. The van der Waals surface area contributed by atoms with Crippen molar-refractivity contribution in [1.82, 2.24) is 0 Å². The molecule has 0 amide bonds. The molecule has 1 heterocycles. The molecular weight excluding hydrogens is 237 g/mol. The van der Waals surface area contributed by atoms with Crippen molar-refractivity contribution in [2.24, 2.45) is 4.99 Å². The minimum atomic E-state index is -0.199. The van der Waals surface area contributed by atoms with E-state index < -0.39 is 0 Å². The van der Waals surface area contributed by atoms with E-state index in [0.29, 0.717) is 0 Å². The molecule has 0 saturated heterocycles. The van der Waals surface area contributed by atoms with Gasteiger partial charge in [0.1, 0.15) is 5.82 Å². The Morgan fingerprint density at radius 1 is 1.00 bits per heavy atom. The van der Waals surface area contributed by atoms with Crippen LogP contribution in [-0.4, -0.2) is 11.8 Å². The monoisotopic (exact) mass is 253 g/mol. The maximum Gasteiger partial charge on any atom is 0.123 e. The molecule has 2 heteroatoms. The maximum atomic E-state index is 13.0. The highest BCUT2D eigenvalue weighted by Gasteiger charge is 2.21. The molecule has 0 fully saturated rings. The Kier molecular flexibility index (Phi) is 2.74. The number of hydrogen-bond donors (Lipinski definition) is 0. The molecule has 0 N–H and O–H groups in total. The molecule has 2 aromatic carbocycles. The van der Waals surface area contributed by atoms with Crippen LogP contribution >= 0.6 is 0 Å². The van der Waals surface area contributed by atoms with Gasteiger partial charge in [-0.2, -0.15) is 0 Å². The van der Waals surface area contributed by atoms with Gasteiger partial charge in [-0.15, -0.1) is 0 Å². The van der Waals surface area contributed by atoms with Gasteiger partial charge < -0.3 is 0 Å². The smallest absolute Gasteiger partial charge is 0.123 e. The molecule has 0 aromatic heterocycles. The number of rotatable bonds is 1. The molecule has 0 spiro atoms. The van der Waals surface area contributed by atoms with Crippen LogP contribution in [0, 0.1) is 5.82 Å². The average molecular weight is 253 g/mol. The Balaban J connectivity index is 2.02. The summed E-state index contributed by atoms with van der Waals surface area (Å²) < 4.78 is 13.0. The van der Waals surface area contributed by atoms with Gasteiger partial charge in [0.25, 0.3) is 0 Å². The lowest BCUT2D eigenvalue weighted by Crippen LogP contribution is -2.24. The van der Waals surface area contributed by atoms with Gasteiger partial charge in [0.05, 0.1) is 5.54 Å². The van der Waals surface area contributed by atoms with Crippen molar-refractivity contribution >= 4 is 6.21 Å². The summed E-state index contributed by atoms with van der Waals surface area (Å²) in [6, 6.07) is 13.0. The lowest BCUT2D eigenvalue weighted by Gasteiger charge is -2.25. The molecule has 96 valence electrons. The van der Waals surface area contributed by atoms with E-state index in [4.69, 9.17) is 0 Å². The van der Waals surface area contributed by atoms with E-state index in [9.17, 15) is 4.39 Å². The molecule has 0 aliphatic carbocycles. The molecule has 19 heavy (non-hydrogen) atoms. The first-order valence-corrected chi connectivity index (χ1v) is 6.48. The van der Waals surface area contributed by atoms with Crippen molar-refractivity contribution in [2.45, 2.75) is 25.8 Å². The molecule has 0 saturated carbocycles. The van der Waals surface area contributed by atoms with Gasteiger partial charge in [0, 0.05) is 6.21 Å². The van der Waals surface area contributed by atoms with Gasteiger partial charge in [-0.05, 0) is 54.7 Å². The summed E-state index contributed by atoms with van der Waals surface area (Å²) in [5.41, 5.74) is 4.63. The fourth-order valence-electron chi connectivity index (χ4n) is 2.46. The Morgan fingerprint density at radius 3 is 2.42 bits per heavy atom. The number of hydrogen-bond acceptors (Lipinski definition) is 1. The molecule has 0 atom stereocenters. The summed E-state index contributed by atoms with van der Waals surface area (Å²) in [7, 11) is 0. The minimum Gasteiger partial charge on any atom is -0.286 e. The van der Waals surface area contributed by atoms with E-state index in [1.165, 1.54) is 23.3 Å². The summed E-state index contributed by atoms with van der Waals surface area (Å²) in [4.78, 5) is 4.54. The maximum absolute atomic E-state index is 13.0. The molecule has 1 nitrogen and oxygen atoms in total. The van der Waals surface area contributed by atoms with Crippen molar-refractivity contribution < 1.29 is 4.39 Å². The van der Waals surface area contributed by atoms with Gasteiger partial charge >= 0.3 is 0 Å². The largest absolute Gasteiger partial charge is 0.286 e. The Hall–Kier alpha value is -1.96. The molecule has 0 unspecified atom stereocenters. The SMILES string of the molecule is CC1(C)Cc2cc(-c3ccc(F)cc3)ccc2C=N1. The van der Waals surface area contributed by atoms with Gasteiger partial charge in [-0.1, -0.05) is 30.3 Å². The minimum absolute atomic E-state index is 0.0333. The average Bonchev–Trinajstić information content (AvgIpc) is 2.37. The highest BCUT2D eigenvalue weighted by atomic mass is 19.1. The first-order valence-electron chi connectivity index (χ1n) is 6.48. The highest BCUT2D eigenvalue weighted by molar-refractivity contribution is 5.85. The topological polar surface area (TPSA) is 12.4 Å². The number of aliphatic imine (C=N–C) groups is 1. The van der Waals surface area contributed by atoms with Crippen molar-refractivity contribution in [1.29, 1.82) is 0 Å². The summed E-state index contributed by atoms with van der Waals surface area (Å²) in [6.07, 6.45) is 2.89. The van der Waals surface area contributed by atoms with Gasteiger partial charge in [0.15, 0.2) is 0 Å². The Labute approximate surface area is 112 Å². The molecular formula is C17H16FN. The zero-order valence-corrected chi connectivity index (χ0v) is 11.2. The number of halogens is 1. The van der Waals surface area contributed by atoms with Crippen LogP contribution < -0.4 is 0 Å². The van der Waals surface area contributed by atoms with Crippen LogP contribution in [0.25, 0.3) is 11.1 Å². The van der Waals surface area contributed by atoms with Crippen molar-refractivity contribution in [3.8, 4) is 11.1 Å². The first-order chi connectivity index (χ1) is 9.03. The molecule has 3 rings (SSSR count). The lowest BCUT2D eigenvalue weighted by atomic mass is 9.88. The van der Waals surface area contributed by atoms with Crippen LogP contribution in [0.5, 0.6) is 0 Å². The number of nitrogens with zero attached hydrogens (tertiary/aromatic N) is 1. The molecule has 1 aliphatic rings. The van der Waals surface area contributed by atoms with Crippen LogP contribution in [0.4, 0.5) is 4.39 Å². The third kappa shape index (κ3) is 2.43. The normalized spacial score (nSPS) is 16.2. The van der Waals surface area contributed by atoms with Crippen molar-refractivity contribution in [2.75, 3.05) is 0 Å². The van der Waals surface area contributed by atoms with E-state index in [1.807, 2.05) is 18.3 Å². The molecule has 0 radical (unpaired) electrons. The quantitative estimate of drug-likeness (QED) is 0.720. The Bertz CT molecular complexity index is 639. The number of benzene rings is 2. The van der Waals surface area contributed by atoms with E-state index >= 15 is 0 Å². The number of fused-ring (bicyclic) bond motifs is 1. The second kappa shape index (κ2) is 4.30. The van der Waals surface area contributed by atoms with Gasteiger partial charge in [0.2, 0.25) is 0 Å². The van der Waals surface area contributed by atoms with Gasteiger partial charge in [-0.25, -0.2) is 4.39 Å². The third-order valence-electron chi connectivity index (χ3n) is 3.50. The summed E-state index contributed by atoms with van der Waals surface area (Å²) in [6.45, 7) is 4.27. The standard InChI is InChI=1S/C17H16FN/c1-17(2)10-15-9-13(3-4-14(15)11-19-17)12-5-7-16(18)8-6-12/h3-9,11H,10H2,1-2H3. The summed E-state index contributed by atoms with van der Waals surface area (Å²) in [5, 5.41) is 0. The second-order valence-electron chi connectivity index (χ2n) is 5.67. The van der Waals surface area contributed by atoms with Crippen LogP contribution in [0.3, 0.4) is 0 Å². The second-order valence-corrected chi connectivity index (χ2v) is 5.67. The van der Waals surface area contributed by atoms with Crippen molar-refractivity contribution in [3.05, 3.63) is 59.4 Å². The van der Waals surface area contributed by atoms with Crippen LogP contribution in [0.1, 0.15) is 25.0 Å². The van der Waals surface area contributed by atoms with E-state index in [2.05, 4.69) is 37.0 Å². The fourth-order valence-corrected chi connectivity index (χ4v) is 2.46. The first kappa shape index (κ1) is 12.1. The zero-order valence-electron chi connectivity index (χ0n) is 11.2. The predicted molar refractivity (Wildman–Crippen MR) is 77.2 cm³/mol. The van der Waals surface area contributed by atoms with Crippen LogP contribution in [0.15, 0.2) is 47.5 Å². The zero-order chi connectivity index (χ0) is 13.5. The molecule has 0 bridgehead atoms. The highest BCUT2D eigenvalue weighted by Crippen LogP contribution is 2.28. The summed E-state index contributed by atoms with van der Waals surface area (Å²) >= 11 is 0. The van der Waals surface area contributed by atoms with Crippen LogP contribution in [-0.2, 0) is 6.42 Å². The van der Waals surface area contributed by atoms with Crippen molar-refractivity contribution in [3.63, 3.8) is 0 Å².